The first-order valence-corrected chi connectivity index (χ1v) is 9.50. The van der Waals surface area contributed by atoms with E-state index in [9.17, 15) is 22.4 Å². The van der Waals surface area contributed by atoms with Gasteiger partial charge in [0, 0.05) is 17.2 Å². The summed E-state index contributed by atoms with van der Waals surface area (Å²) < 4.78 is 65.2. The predicted octanol–water partition coefficient (Wildman–Crippen LogP) is 6.01. The van der Waals surface area contributed by atoms with Gasteiger partial charge in [0.1, 0.15) is 23.1 Å². The van der Waals surface area contributed by atoms with Gasteiger partial charge in [0.05, 0.1) is 35.6 Å². The molecule has 1 heterocycles. The molecule has 0 saturated carbocycles. The maximum Gasteiger partial charge on any atom is 0.420 e. The molecule has 0 unspecified atom stereocenters. The zero-order valence-corrected chi connectivity index (χ0v) is 17.0. The smallest absolute Gasteiger partial charge is 0.420 e. The Morgan fingerprint density at radius 2 is 1.85 bits per heavy atom. The number of rotatable bonds is 4. The maximum atomic E-state index is 14.3. The first-order valence-electron chi connectivity index (χ1n) is 9.50. The molecule has 1 aliphatic rings. The minimum atomic E-state index is -4.73. The number of nitriles is 1. The number of halogens is 4. The molecule has 0 aliphatic carbocycles. The lowest BCUT2D eigenvalue weighted by molar-refractivity contribution is -0.138. The van der Waals surface area contributed by atoms with Crippen molar-refractivity contribution in [3.05, 3.63) is 82.7 Å². The number of nitrogens with zero attached hydrogens (tertiary/aromatic N) is 1. The number of fused-ring (bicyclic) bond motifs is 1. The number of alkyl halides is 3. The highest BCUT2D eigenvalue weighted by Crippen LogP contribution is 2.40. The van der Waals surface area contributed by atoms with E-state index in [4.69, 9.17) is 14.7 Å². The van der Waals surface area contributed by atoms with E-state index in [1.807, 2.05) is 0 Å². The third-order valence-electron chi connectivity index (χ3n) is 4.92. The van der Waals surface area contributed by atoms with E-state index in [0.717, 1.165) is 6.07 Å². The van der Waals surface area contributed by atoms with Crippen molar-refractivity contribution in [1.82, 2.24) is 0 Å². The van der Waals surface area contributed by atoms with Crippen LogP contribution in [0.5, 0.6) is 17.2 Å². The molecular weight excluding hydrogens is 440 g/mol. The number of ether oxygens (including phenoxy) is 2. The second kappa shape index (κ2) is 8.31. The van der Waals surface area contributed by atoms with E-state index in [0.29, 0.717) is 17.3 Å². The normalized spacial score (nSPS) is 13.9. The van der Waals surface area contributed by atoms with Crippen molar-refractivity contribution < 1.29 is 31.8 Å². The standard InChI is InChI=1S/C24H14F4N2O3/c1-32-21-11-15(33-20-8-5-13(12-29)9-17(20)24(26,27)28)7-6-14(21)10-16-22-18(25)3-2-4-19(22)30-23(16)31/h2-11H,1H3,(H,30,31). The lowest BCUT2D eigenvalue weighted by atomic mass is 10.0. The summed E-state index contributed by atoms with van der Waals surface area (Å²) in [6.45, 7) is 0. The first kappa shape index (κ1) is 21.9. The summed E-state index contributed by atoms with van der Waals surface area (Å²) in [5.41, 5.74) is -0.315. The number of hydrogen-bond donors (Lipinski definition) is 1. The SMILES string of the molecule is COc1cc(Oc2ccc(C#N)cc2C(F)(F)F)ccc1C=C1C(=O)Nc2cccc(F)c21. The predicted molar refractivity (Wildman–Crippen MR) is 112 cm³/mol. The highest BCUT2D eigenvalue weighted by atomic mass is 19.4. The Morgan fingerprint density at radius 1 is 1.06 bits per heavy atom. The van der Waals surface area contributed by atoms with Crippen LogP contribution >= 0.6 is 0 Å². The van der Waals surface area contributed by atoms with Crippen LogP contribution in [0, 0.1) is 17.1 Å². The summed E-state index contributed by atoms with van der Waals surface area (Å²) in [5.74, 6) is -1.33. The Bertz CT molecular complexity index is 1340. The number of carbonyl (C=O) groups is 1. The van der Waals surface area contributed by atoms with Gasteiger partial charge in [0.2, 0.25) is 0 Å². The fraction of sp³-hybridized carbons (Fsp3) is 0.0833. The van der Waals surface area contributed by atoms with Crippen LogP contribution in [-0.4, -0.2) is 13.0 Å². The van der Waals surface area contributed by atoms with Gasteiger partial charge in [-0.1, -0.05) is 6.07 Å². The van der Waals surface area contributed by atoms with Crippen molar-refractivity contribution in [3.63, 3.8) is 0 Å². The minimum Gasteiger partial charge on any atom is -0.496 e. The van der Waals surface area contributed by atoms with Gasteiger partial charge < -0.3 is 14.8 Å². The molecule has 0 saturated heterocycles. The Balaban J connectivity index is 1.71. The van der Waals surface area contributed by atoms with Crippen LogP contribution in [0.3, 0.4) is 0 Å². The zero-order chi connectivity index (χ0) is 23.8. The van der Waals surface area contributed by atoms with Crippen LogP contribution in [0.4, 0.5) is 23.2 Å². The van der Waals surface area contributed by atoms with Gasteiger partial charge >= 0.3 is 6.18 Å². The Hall–Kier alpha value is -4.32. The monoisotopic (exact) mass is 454 g/mol. The number of carbonyl (C=O) groups excluding carboxylic acids is 1. The molecule has 0 spiro atoms. The Morgan fingerprint density at radius 3 is 2.55 bits per heavy atom. The molecule has 0 aromatic heterocycles. The van der Waals surface area contributed by atoms with Crippen molar-refractivity contribution in [2.24, 2.45) is 0 Å². The molecule has 166 valence electrons. The van der Waals surface area contributed by atoms with Crippen LogP contribution in [0.1, 0.15) is 22.3 Å². The van der Waals surface area contributed by atoms with Crippen LogP contribution in [0.15, 0.2) is 54.6 Å². The van der Waals surface area contributed by atoms with E-state index in [1.54, 1.807) is 12.1 Å². The molecule has 3 aromatic rings. The van der Waals surface area contributed by atoms with E-state index in [1.165, 1.54) is 49.6 Å². The lowest BCUT2D eigenvalue weighted by Crippen LogP contribution is -2.07. The minimum absolute atomic E-state index is 0.0339. The van der Waals surface area contributed by atoms with Gasteiger partial charge in [-0.2, -0.15) is 18.4 Å². The van der Waals surface area contributed by atoms with E-state index in [2.05, 4.69) is 5.32 Å². The fourth-order valence-corrected chi connectivity index (χ4v) is 3.41. The molecule has 0 radical (unpaired) electrons. The van der Waals surface area contributed by atoms with Crippen molar-refractivity contribution >= 4 is 23.2 Å². The molecule has 9 heteroatoms. The second-order valence-corrected chi connectivity index (χ2v) is 7.00. The highest BCUT2D eigenvalue weighted by molar-refractivity contribution is 6.35. The third kappa shape index (κ3) is 4.23. The van der Waals surface area contributed by atoms with Gasteiger partial charge in [-0.3, -0.25) is 4.79 Å². The average Bonchev–Trinajstić information content (AvgIpc) is 3.10. The number of amides is 1. The quantitative estimate of drug-likeness (QED) is 0.387. The van der Waals surface area contributed by atoms with Crippen LogP contribution in [0.2, 0.25) is 0 Å². The lowest BCUT2D eigenvalue weighted by Gasteiger charge is -2.15. The molecule has 0 bridgehead atoms. The van der Waals surface area contributed by atoms with Gasteiger partial charge in [-0.25, -0.2) is 4.39 Å². The molecule has 3 aromatic carbocycles. The Kier molecular flexibility index (Phi) is 5.52. The summed E-state index contributed by atoms with van der Waals surface area (Å²) in [7, 11) is 1.34. The van der Waals surface area contributed by atoms with E-state index in [-0.39, 0.29) is 28.2 Å². The maximum absolute atomic E-state index is 14.3. The zero-order valence-electron chi connectivity index (χ0n) is 17.0. The number of nitrogens with one attached hydrogen (secondary N) is 1. The summed E-state index contributed by atoms with van der Waals surface area (Å²) in [5, 5.41) is 11.5. The van der Waals surface area contributed by atoms with Gasteiger partial charge in [0.25, 0.3) is 5.91 Å². The number of anilines is 1. The summed E-state index contributed by atoms with van der Waals surface area (Å²) in [6, 6.07) is 13.1. The third-order valence-corrected chi connectivity index (χ3v) is 4.92. The highest BCUT2D eigenvalue weighted by Gasteiger charge is 2.35. The molecule has 1 aliphatic heterocycles. The summed E-state index contributed by atoms with van der Waals surface area (Å²) in [6.07, 6.45) is -3.31. The molecule has 1 N–H and O–H groups in total. The van der Waals surface area contributed by atoms with E-state index >= 15 is 0 Å². The van der Waals surface area contributed by atoms with Crippen LogP contribution < -0.4 is 14.8 Å². The Labute approximate surface area is 185 Å². The van der Waals surface area contributed by atoms with Crippen molar-refractivity contribution in [1.29, 1.82) is 5.26 Å². The van der Waals surface area contributed by atoms with Crippen molar-refractivity contribution in [3.8, 4) is 23.3 Å². The van der Waals surface area contributed by atoms with Gasteiger partial charge in [0.15, 0.2) is 0 Å². The number of methoxy groups -OCH3 is 1. The van der Waals surface area contributed by atoms with Crippen molar-refractivity contribution in [2.75, 3.05) is 12.4 Å². The molecule has 1 amide bonds. The van der Waals surface area contributed by atoms with Crippen LogP contribution in [-0.2, 0) is 11.0 Å². The molecule has 0 fully saturated rings. The van der Waals surface area contributed by atoms with Gasteiger partial charge in [-0.05, 0) is 48.5 Å². The van der Waals surface area contributed by atoms with E-state index < -0.39 is 29.2 Å². The second-order valence-electron chi connectivity index (χ2n) is 7.00. The molecule has 33 heavy (non-hydrogen) atoms. The first-order chi connectivity index (χ1) is 15.7. The number of hydrogen-bond acceptors (Lipinski definition) is 4. The fourth-order valence-electron chi connectivity index (χ4n) is 3.41. The topological polar surface area (TPSA) is 71.3 Å². The molecule has 0 atom stereocenters. The molecule has 5 nitrogen and oxygen atoms in total. The number of benzene rings is 3. The largest absolute Gasteiger partial charge is 0.496 e. The molecular formula is C24H14F4N2O3. The average molecular weight is 454 g/mol. The van der Waals surface area contributed by atoms with Crippen molar-refractivity contribution in [2.45, 2.75) is 6.18 Å². The molecule has 4 rings (SSSR count). The van der Waals surface area contributed by atoms with Crippen LogP contribution in [0.25, 0.3) is 11.6 Å². The summed E-state index contributed by atoms with van der Waals surface area (Å²) in [4.78, 5) is 12.3. The van der Waals surface area contributed by atoms with Gasteiger partial charge in [-0.15, -0.1) is 0 Å². The summed E-state index contributed by atoms with van der Waals surface area (Å²) >= 11 is 0.